The number of nitrogen functional groups attached to an aromatic ring is 1. The van der Waals surface area contributed by atoms with Crippen molar-refractivity contribution in [2.24, 2.45) is 11.7 Å². The number of carbonyl (C=O) groups excluding carboxylic acids is 1. The molecule has 3 aliphatic rings. The first kappa shape index (κ1) is 18.6. The second-order valence-electron chi connectivity index (χ2n) is 7.77. The fraction of sp³-hybridized carbons (Fsp3) is 0.556. The first-order valence-corrected chi connectivity index (χ1v) is 9.75. The zero-order valence-electron chi connectivity index (χ0n) is 15.0. The van der Waals surface area contributed by atoms with Gasteiger partial charge in [0.15, 0.2) is 5.69 Å². The Balaban J connectivity index is 0.000000163. The minimum absolute atomic E-state index is 0.0634. The molecule has 2 saturated heterocycles. The Hall–Kier alpha value is -1.79. The number of primary amides is 1. The Labute approximate surface area is 158 Å². The van der Waals surface area contributed by atoms with Crippen molar-refractivity contribution >= 4 is 31.7 Å². The maximum atomic E-state index is 13.0. The molecule has 1 saturated carbocycles. The molecule has 3 atom stereocenters. The highest BCUT2D eigenvalue weighted by Gasteiger charge is 2.59. The summed E-state index contributed by atoms with van der Waals surface area (Å²) < 4.78 is 27.0. The van der Waals surface area contributed by atoms with Crippen LogP contribution in [0.5, 0.6) is 0 Å². The number of carbonyl (C=O) groups is 1. The summed E-state index contributed by atoms with van der Waals surface area (Å²) in [4.78, 5) is 13.9. The fourth-order valence-corrected chi connectivity index (χ4v) is 4.92. The molecule has 9 heteroatoms. The van der Waals surface area contributed by atoms with Crippen molar-refractivity contribution in [1.29, 1.82) is 0 Å². The lowest BCUT2D eigenvalue weighted by Gasteiger charge is -2.58. The van der Waals surface area contributed by atoms with Gasteiger partial charge in [0.1, 0.15) is 6.54 Å². The molecule has 0 radical (unpaired) electrons. The van der Waals surface area contributed by atoms with Gasteiger partial charge in [-0.25, -0.2) is 8.78 Å². The average molecular weight is 395 g/mol. The van der Waals surface area contributed by atoms with Gasteiger partial charge >= 0.3 is 0 Å². The van der Waals surface area contributed by atoms with E-state index in [0.717, 1.165) is 16.1 Å². The van der Waals surface area contributed by atoms with Gasteiger partial charge in [-0.2, -0.15) is 5.10 Å². The lowest BCUT2D eigenvalue weighted by molar-refractivity contribution is -0.0659. The number of amides is 1. The van der Waals surface area contributed by atoms with Gasteiger partial charge in [-0.05, 0) is 56.3 Å². The van der Waals surface area contributed by atoms with E-state index in [2.05, 4.69) is 10.00 Å². The van der Waals surface area contributed by atoms with Gasteiger partial charge in [0.2, 0.25) is 0 Å². The monoisotopic (exact) mass is 395 g/mol. The number of nitrogens with two attached hydrogens (primary N) is 2. The molecule has 6 nitrogen and oxygen atoms in total. The van der Waals surface area contributed by atoms with Gasteiger partial charge < -0.3 is 11.5 Å². The topological polar surface area (TPSA) is 90.2 Å². The van der Waals surface area contributed by atoms with Crippen LogP contribution in [-0.4, -0.2) is 44.9 Å². The van der Waals surface area contributed by atoms with Crippen LogP contribution in [0.1, 0.15) is 36.2 Å². The molecule has 4 N–H and O–H groups in total. The fourth-order valence-electron chi connectivity index (χ4n) is 4.74. The molecule has 2 aromatic rings. The van der Waals surface area contributed by atoms with Crippen molar-refractivity contribution in [3.8, 4) is 0 Å². The zero-order chi connectivity index (χ0) is 19.4. The van der Waals surface area contributed by atoms with Gasteiger partial charge in [-0.15, -0.1) is 0 Å². The highest BCUT2D eigenvalue weighted by Crippen LogP contribution is 2.57. The quantitative estimate of drug-likeness (QED) is 0.617. The number of hydrogen-bond acceptors (Lipinski definition) is 4. The number of anilines is 1. The highest BCUT2D eigenvalue weighted by molar-refractivity contribution is 7.18. The minimum Gasteiger partial charge on any atom is -0.399 e. The van der Waals surface area contributed by atoms with Gasteiger partial charge in [0.25, 0.3) is 11.6 Å². The molecule has 1 amide bonds. The van der Waals surface area contributed by atoms with Crippen LogP contribution in [0.3, 0.4) is 0 Å². The summed E-state index contributed by atoms with van der Waals surface area (Å²) in [6, 6.07) is 4.56. The van der Waals surface area contributed by atoms with E-state index < -0.39 is 18.1 Å². The van der Waals surface area contributed by atoms with E-state index in [9.17, 15) is 13.6 Å². The molecule has 2 aliphatic heterocycles. The Kier molecular flexibility index (Phi) is 4.39. The summed E-state index contributed by atoms with van der Waals surface area (Å²) in [6.45, 7) is 2.17. The number of hydrogen-bond donors (Lipinski definition) is 2. The van der Waals surface area contributed by atoms with Crippen LogP contribution in [0.25, 0.3) is 10.9 Å². The molecule has 146 valence electrons. The molecule has 5 rings (SSSR count). The minimum atomic E-state index is -3.02. The van der Waals surface area contributed by atoms with E-state index in [1.165, 1.54) is 60.1 Å². The van der Waals surface area contributed by atoms with Crippen LogP contribution < -0.4 is 11.5 Å². The standard InChI is InChI=1S/C10H11F2N4OP.C8H13N/c11-10(12,18)4-16-7-2-1-5(13)3-6(7)8(15-16)9(14)17;1-3-8-4-6-9(8)5-2-7(1)8/h1-3H,4,13,18H2,(H2,14,17);7H,1-6H2. The number of fused-ring (bicyclic) bond motifs is 1. The third kappa shape index (κ3) is 3.19. The molecule has 27 heavy (non-hydrogen) atoms. The molecule has 1 aliphatic carbocycles. The normalized spacial score (nSPS) is 26.4. The zero-order valence-corrected chi connectivity index (χ0v) is 16.2. The highest BCUT2D eigenvalue weighted by atomic mass is 31.0. The van der Waals surface area contributed by atoms with E-state index in [1.807, 2.05) is 0 Å². The number of alkyl halides is 2. The molecular formula is C18H24F2N5OP. The summed E-state index contributed by atoms with van der Waals surface area (Å²) >= 11 is 0. The average Bonchev–Trinajstić information content (AvgIpc) is 2.93. The maximum absolute atomic E-state index is 13.0. The first-order valence-electron chi connectivity index (χ1n) is 9.17. The summed E-state index contributed by atoms with van der Waals surface area (Å²) in [5.41, 5.74) is 9.26. The number of rotatable bonds is 3. The summed E-state index contributed by atoms with van der Waals surface area (Å²) in [7, 11) is 1.42. The lowest BCUT2D eigenvalue weighted by Crippen LogP contribution is -2.63. The van der Waals surface area contributed by atoms with Crippen molar-refractivity contribution in [3.05, 3.63) is 23.9 Å². The SMILES string of the molecule is C1CN2CCC23CCC13.NC(=O)c1nn(CC(F)(F)P)c2ccc(N)cc12. The molecule has 3 fully saturated rings. The smallest absolute Gasteiger partial charge is 0.278 e. The Morgan fingerprint density at radius 2 is 2.11 bits per heavy atom. The Morgan fingerprint density at radius 1 is 1.33 bits per heavy atom. The number of aromatic nitrogens is 2. The van der Waals surface area contributed by atoms with Crippen LogP contribution in [0.15, 0.2) is 18.2 Å². The summed E-state index contributed by atoms with van der Waals surface area (Å²) in [6.07, 6.45) is 6.10. The van der Waals surface area contributed by atoms with E-state index in [-0.39, 0.29) is 5.69 Å². The van der Waals surface area contributed by atoms with E-state index in [0.29, 0.717) is 16.6 Å². The van der Waals surface area contributed by atoms with Gasteiger partial charge in [0.05, 0.1) is 5.52 Å². The van der Waals surface area contributed by atoms with Crippen molar-refractivity contribution in [3.63, 3.8) is 0 Å². The van der Waals surface area contributed by atoms with Crippen LogP contribution in [0, 0.1) is 5.92 Å². The molecule has 3 heterocycles. The predicted molar refractivity (Wildman–Crippen MR) is 104 cm³/mol. The lowest BCUT2D eigenvalue weighted by atomic mass is 9.62. The van der Waals surface area contributed by atoms with Gasteiger partial charge in [0, 0.05) is 23.2 Å². The van der Waals surface area contributed by atoms with Crippen molar-refractivity contribution in [1.82, 2.24) is 14.7 Å². The largest absolute Gasteiger partial charge is 0.399 e. The van der Waals surface area contributed by atoms with E-state index in [1.54, 1.807) is 6.07 Å². The summed E-state index contributed by atoms with van der Waals surface area (Å²) in [5, 5.41) is 4.18. The molecular weight excluding hydrogens is 371 g/mol. The van der Waals surface area contributed by atoms with E-state index >= 15 is 0 Å². The van der Waals surface area contributed by atoms with Crippen LogP contribution in [-0.2, 0) is 6.54 Å². The second-order valence-corrected chi connectivity index (χ2v) is 8.62. The van der Waals surface area contributed by atoms with Crippen LogP contribution in [0.4, 0.5) is 14.5 Å². The first-order chi connectivity index (χ1) is 12.7. The number of nitrogens with zero attached hydrogens (tertiary/aromatic N) is 3. The maximum Gasteiger partial charge on any atom is 0.278 e. The third-order valence-electron chi connectivity index (χ3n) is 6.25. The van der Waals surface area contributed by atoms with Crippen LogP contribution in [0.2, 0.25) is 0 Å². The number of halogens is 2. The van der Waals surface area contributed by atoms with Gasteiger partial charge in [-0.1, -0.05) is 9.24 Å². The molecule has 1 aromatic carbocycles. The Bertz CT molecular complexity index is 876. The van der Waals surface area contributed by atoms with Crippen molar-refractivity contribution < 1.29 is 13.6 Å². The molecule has 1 aromatic heterocycles. The molecule has 0 bridgehead atoms. The van der Waals surface area contributed by atoms with Crippen LogP contribution >= 0.6 is 9.24 Å². The second kappa shape index (κ2) is 6.38. The molecule has 1 spiro atoms. The Morgan fingerprint density at radius 3 is 2.59 bits per heavy atom. The molecule has 3 unspecified atom stereocenters. The number of benzene rings is 1. The van der Waals surface area contributed by atoms with Crippen molar-refractivity contribution in [2.45, 2.75) is 43.4 Å². The predicted octanol–water partition coefficient (Wildman–Crippen LogP) is 2.43. The summed E-state index contributed by atoms with van der Waals surface area (Å²) in [5.74, 6) is 0.350. The third-order valence-corrected chi connectivity index (χ3v) is 6.43. The van der Waals surface area contributed by atoms with E-state index in [4.69, 9.17) is 11.5 Å². The van der Waals surface area contributed by atoms with Crippen molar-refractivity contribution in [2.75, 3.05) is 18.8 Å². The van der Waals surface area contributed by atoms with Gasteiger partial charge in [-0.3, -0.25) is 14.4 Å².